The maximum atomic E-state index is 13.9. The fourth-order valence-corrected chi connectivity index (χ4v) is 2.40. The van der Waals surface area contributed by atoms with Crippen LogP contribution < -0.4 is 10.2 Å². The lowest BCUT2D eigenvalue weighted by Crippen LogP contribution is -2.45. The van der Waals surface area contributed by atoms with E-state index in [1.54, 1.807) is 0 Å². The number of anilines is 1. The van der Waals surface area contributed by atoms with E-state index in [1.165, 1.54) is 0 Å². The normalized spacial score (nSPS) is 19.7. The Morgan fingerprint density at radius 1 is 1.33 bits per heavy atom. The van der Waals surface area contributed by atoms with Crippen molar-refractivity contribution >= 4 is 17.5 Å². The number of carbonyl (C=O) groups is 2. The van der Waals surface area contributed by atoms with Crippen molar-refractivity contribution in [1.29, 1.82) is 0 Å². The Labute approximate surface area is 122 Å². The third-order valence-electron chi connectivity index (χ3n) is 3.37. The van der Waals surface area contributed by atoms with Gasteiger partial charge in [-0.25, -0.2) is 8.78 Å². The van der Waals surface area contributed by atoms with Gasteiger partial charge in [-0.05, 0) is 24.5 Å². The van der Waals surface area contributed by atoms with Crippen molar-refractivity contribution in [3.05, 3.63) is 29.8 Å². The standard InChI is InChI=1S/C15H18F2N2O2/c1-9(2)7-12-15(21)19(6-5-14(20)18-12)13-8-10(16)3-4-11(13)17/h3-4,8-9,12H,5-7H2,1-2H3,(H,18,20). The fourth-order valence-electron chi connectivity index (χ4n) is 2.40. The highest BCUT2D eigenvalue weighted by molar-refractivity contribution is 6.01. The number of nitrogens with zero attached hydrogens (tertiary/aromatic N) is 1. The van der Waals surface area contributed by atoms with Crippen LogP contribution in [0.25, 0.3) is 0 Å². The maximum Gasteiger partial charge on any atom is 0.249 e. The molecule has 0 radical (unpaired) electrons. The van der Waals surface area contributed by atoms with Gasteiger partial charge in [0.05, 0.1) is 5.69 Å². The van der Waals surface area contributed by atoms with Crippen molar-refractivity contribution in [2.75, 3.05) is 11.4 Å². The van der Waals surface area contributed by atoms with Crippen LogP contribution in [-0.4, -0.2) is 24.4 Å². The van der Waals surface area contributed by atoms with E-state index in [1.807, 2.05) is 13.8 Å². The van der Waals surface area contributed by atoms with Gasteiger partial charge in [-0.15, -0.1) is 0 Å². The molecule has 0 saturated carbocycles. The molecule has 1 aromatic rings. The van der Waals surface area contributed by atoms with E-state index in [0.29, 0.717) is 6.42 Å². The predicted molar refractivity (Wildman–Crippen MR) is 74.7 cm³/mol. The molecular formula is C15H18F2N2O2. The summed E-state index contributed by atoms with van der Waals surface area (Å²) < 4.78 is 27.2. The number of carbonyl (C=O) groups excluding carboxylic acids is 2. The monoisotopic (exact) mass is 296 g/mol. The Kier molecular flexibility index (Phi) is 4.55. The molecule has 1 fully saturated rings. The van der Waals surface area contributed by atoms with Crippen LogP contribution >= 0.6 is 0 Å². The molecule has 4 nitrogen and oxygen atoms in total. The zero-order valence-electron chi connectivity index (χ0n) is 12.0. The first-order valence-electron chi connectivity index (χ1n) is 6.94. The van der Waals surface area contributed by atoms with Crippen molar-refractivity contribution in [2.45, 2.75) is 32.7 Å². The third kappa shape index (κ3) is 3.56. The van der Waals surface area contributed by atoms with Crippen LogP contribution in [0.4, 0.5) is 14.5 Å². The van der Waals surface area contributed by atoms with Crippen LogP contribution in [0.2, 0.25) is 0 Å². The average molecular weight is 296 g/mol. The molecule has 1 N–H and O–H groups in total. The number of benzene rings is 1. The first-order valence-corrected chi connectivity index (χ1v) is 6.94. The van der Waals surface area contributed by atoms with Gasteiger partial charge in [-0.3, -0.25) is 9.59 Å². The third-order valence-corrected chi connectivity index (χ3v) is 3.37. The number of hydrogen-bond donors (Lipinski definition) is 1. The zero-order valence-corrected chi connectivity index (χ0v) is 12.0. The second-order valence-corrected chi connectivity index (χ2v) is 5.59. The summed E-state index contributed by atoms with van der Waals surface area (Å²) in [5.74, 6) is -1.77. The molecule has 0 spiro atoms. The molecular weight excluding hydrogens is 278 g/mol. The van der Waals surface area contributed by atoms with Gasteiger partial charge in [-0.1, -0.05) is 13.8 Å². The van der Waals surface area contributed by atoms with Gasteiger partial charge < -0.3 is 10.2 Å². The predicted octanol–water partition coefficient (Wildman–Crippen LogP) is 2.23. The average Bonchev–Trinajstić information content (AvgIpc) is 2.53. The first kappa shape index (κ1) is 15.4. The molecule has 0 bridgehead atoms. The van der Waals surface area contributed by atoms with Gasteiger partial charge in [0.2, 0.25) is 11.8 Å². The molecule has 2 rings (SSSR count). The van der Waals surface area contributed by atoms with Gasteiger partial charge in [0.1, 0.15) is 17.7 Å². The lowest BCUT2D eigenvalue weighted by molar-refractivity contribution is -0.125. The van der Waals surface area contributed by atoms with Gasteiger partial charge in [-0.2, -0.15) is 0 Å². The smallest absolute Gasteiger partial charge is 0.249 e. The molecule has 1 heterocycles. The van der Waals surface area contributed by atoms with Crippen molar-refractivity contribution in [2.24, 2.45) is 5.92 Å². The van der Waals surface area contributed by atoms with Crippen molar-refractivity contribution in [3.63, 3.8) is 0 Å². The van der Waals surface area contributed by atoms with E-state index in [4.69, 9.17) is 0 Å². The van der Waals surface area contributed by atoms with Crippen LogP contribution in [0, 0.1) is 17.6 Å². The van der Waals surface area contributed by atoms with E-state index in [2.05, 4.69) is 5.32 Å². The molecule has 1 aliphatic heterocycles. The van der Waals surface area contributed by atoms with E-state index in [9.17, 15) is 18.4 Å². The Hall–Kier alpha value is -1.98. The van der Waals surface area contributed by atoms with E-state index in [-0.39, 0.29) is 30.5 Å². The molecule has 1 aliphatic rings. The van der Waals surface area contributed by atoms with Crippen molar-refractivity contribution < 1.29 is 18.4 Å². The number of rotatable bonds is 3. The van der Waals surface area contributed by atoms with Crippen LogP contribution in [-0.2, 0) is 9.59 Å². The summed E-state index contributed by atoms with van der Waals surface area (Å²) in [6, 6.07) is 2.25. The second kappa shape index (κ2) is 6.20. The minimum Gasteiger partial charge on any atom is -0.344 e. The maximum absolute atomic E-state index is 13.9. The molecule has 1 saturated heterocycles. The van der Waals surface area contributed by atoms with Crippen molar-refractivity contribution in [1.82, 2.24) is 5.32 Å². The zero-order chi connectivity index (χ0) is 15.6. The number of nitrogens with one attached hydrogen (secondary N) is 1. The summed E-state index contributed by atoms with van der Waals surface area (Å²) in [5, 5.41) is 2.65. The van der Waals surface area contributed by atoms with E-state index < -0.39 is 23.6 Å². The molecule has 1 aromatic carbocycles. The second-order valence-electron chi connectivity index (χ2n) is 5.59. The minimum atomic E-state index is -0.706. The molecule has 1 unspecified atom stereocenters. The first-order chi connectivity index (χ1) is 9.88. The Bertz CT molecular complexity index is 561. The van der Waals surface area contributed by atoms with Crippen LogP contribution in [0.15, 0.2) is 18.2 Å². The molecule has 114 valence electrons. The van der Waals surface area contributed by atoms with Crippen LogP contribution in [0.1, 0.15) is 26.7 Å². The Balaban J connectivity index is 2.35. The van der Waals surface area contributed by atoms with Crippen LogP contribution in [0.3, 0.4) is 0 Å². The Morgan fingerprint density at radius 2 is 2.05 bits per heavy atom. The molecule has 21 heavy (non-hydrogen) atoms. The highest BCUT2D eigenvalue weighted by atomic mass is 19.1. The van der Waals surface area contributed by atoms with Crippen LogP contribution in [0.5, 0.6) is 0 Å². The lowest BCUT2D eigenvalue weighted by atomic mass is 10.0. The SMILES string of the molecule is CC(C)CC1NC(=O)CCN(c2cc(F)ccc2F)C1=O. The van der Waals surface area contributed by atoms with E-state index >= 15 is 0 Å². The topological polar surface area (TPSA) is 49.4 Å². The van der Waals surface area contributed by atoms with Gasteiger partial charge >= 0.3 is 0 Å². The number of hydrogen-bond acceptors (Lipinski definition) is 2. The summed E-state index contributed by atoms with van der Waals surface area (Å²) in [4.78, 5) is 25.4. The van der Waals surface area contributed by atoms with Crippen molar-refractivity contribution in [3.8, 4) is 0 Å². The molecule has 2 amide bonds. The van der Waals surface area contributed by atoms with Gasteiger partial charge in [0.25, 0.3) is 0 Å². The highest BCUT2D eigenvalue weighted by Crippen LogP contribution is 2.24. The summed E-state index contributed by atoms with van der Waals surface area (Å²) in [6.45, 7) is 3.90. The quantitative estimate of drug-likeness (QED) is 0.930. The summed E-state index contributed by atoms with van der Waals surface area (Å²) in [7, 11) is 0. The molecule has 6 heteroatoms. The molecule has 1 atom stereocenters. The van der Waals surface area contributed by atoms with Gasteiger partial charge in [0.15, 0.2) is 0 Å². The number of amides is 2. The van der Waals surface area contributed by atoms with E-state index in [0.717, 1.165) is 23.1 Å². The highest BCUT2D eigenvalue weighted by Gasteiger charge is 2.32. The largest absolute Gasteiger partial charge is 0.344 e. The van der Waals surface area contributed by atoms with Gasteiger partial charge in [0, 0.05) is 19.0 Å². The molecule has 0 aliphatic carbocycles. The number of halogens is 2. The minimum absolute atomic E-state index is 0.0413. The fraction of sp³-hybridized carbons (Fsp3) is 0.467. The lowest BCUT2D eigenvalue weighted by Gasteiger charge is -2.25. The summed E-state index contributed by atoms with van der Waals surface area (Å²) in [6.07, 6.45) is 0.522. The summed E-state index contributed by atoms with van der Waals surface area (Å²) >= 11 is 0. The molecule has 0 aromatic heterocycles. The Morgan fingerprint density at radius 3 is 2.71 bits per heavy atom. The summed E-state index contributed by atoms with van der Waals surface area (Å²) in [5.41, 5.74) is -0.120.